The van der Waals surface area contributed by atoms with Crippen molar-refractivity contribution < 1.29 is 4.79 Å². The highest BCUT2D eigenvalue weighted by Gasteiger charge is 2.29. The van der Waals surface area contributed by atoms with E-state index in [2.05, 4.69) is 53.6 Å². The molecule has 2 amide bonds. The summed E-state index contributed by atoms with van der Waals surface area (Å²) in [6, 6.07) is 9.37. The summed E-state index contributed by atoms with van der Waals surface area (Å²) in [5.74, 6) is 0.705. The van der Waals surface area contributed by atoms with Crippen LogP contribution in [0.3, 0.4) is 0 Å². The van der Waals surface area contributed by atoms with E-state index in [1.54, 1.807) is 0 Å². The molecule has 1 aromatic rings. The summed E-state index contributed by atoms with van der Waals surface area (Å²) < 4.78 is 0. The quantitative estimate of drug-likeness (QED) is 0.877. The van der Waals surface area contributed by atoms with Crippen LogP contribution in [0.5, 0.6) is 0 Å². The van der Waals surface area contributed by atoms with E-state index in [4.69, 9.17) is 0 Å². The monoisotopic (exact) mass is 315 g/mol. The number of nitrogens with zero attached hydrogens (tertiary/aromatic N) is 1. The molecule has 1 aliphatic heterocycles. The SMILES string of the molecule is Cc1cccc(CN2CCC(NC(=O)NC(C)C3CC3)CC2)c1. The van der Waals surface area contributed by atoms with Gasteiger partial charge in [0.05, 0.1) is 0 Å². The first kappa shape index (κ1) is 16.3. The van der Waals surface area contributed by atoms with E-state index in [-0.39, 0.29) is 6.03 Å². The van der Waals surface area contributed by atoms with Gasteiger partial charge in [0.1, 0.15) is 0 Å². The highest BCUT2D eigenvalue weighted by Crippen LogP contribution is 2.32. The molecular weight excluding hydrogens is 286 g/mol. The largest absolute Gasteiger partial charge is 0.335 e. The number of amides is 2. The van der Waals surface area contributed by atoms with Crippen molar-refractivity contribution in [3.63, 3.8) is 0 Å². The zero-order valence-corrected chi connectivity index (χ0v) is 14.3. The van der Waals surface area contributed by atoms with Crippen molar-refractivity contribution in [3.05, 3.63) is 35.4 Å². The van der Waals surface area contributed by atoms with E-state index in [0.29, 0.717) is 18.0 Å². The first-order valence-corrected chi connectivity index (χ1v) is 8.95. The molecule has 1 heterocycles. The highest BCUT2D eigenvalue weighted by atomic mass is 16.2. The number of rotatable bonds is 5. The fraction of sp³-hybridized carbons (Fsp3) is 0.632. The van der Waals surface area contributed by atoms with Crippen molar-refractivity contribution in [1.82, 2.24) is 15.5 Å². The molecule has 0 bridgehead atoms. The topological polar surface area (TPSA) is 44.4 Å². The van der Waals surface area contributed by atoms with Crippen molar-refractivity contribution in [2.45, 2.75) is 58.2 Å². The molecule has 1 aliphatic carbocycles. The molecule has 0 spiro atoms. The second kappa shape index (κ2) is 7.35. The molecule has 2 fully saturated rings. The zero-order chi connectivity index (χ0) is 16.2. The molecule has 3 rings (SSSR count). The lowest BCUT2D eigenvalue weighted by molar-refractivity contribution is 0.185. The number of likely N-dealkylation sites (tertiary alicyclic amines) is 1. The van der Waals surface area contributed by atoms with E-state index in [0.717, 1.165) is 32.5 Å². The number of carbonyl (C=O) groups excluding carboxylic acids is 1. The van der Waals surface area contributed by atoms with Crippen LogP contribution in [0.15, 0.2) is 24.3 Å². The van der Waals surface area contributed by atoms with Crippen LogP contribution in [-0.4, -0.2) is 36.1 Å². The first-order valence-electron chi connectivity index (χ1n) is 8.95. The summed E-state index contributed by atoms with van der Waals surface area (Å²) in [6.45, 7) is 7.37. The Kier molecular flexibility index (Phi) is 5.21. The van der Waals surface area contributed by atoms with Crippen molar-refractivity contribution in [2.75, 3.05) is 13.1 Å². The van der Waals surface area contributed by atoms with Crippen LogP contribution in [0.4, 0.5) is 4.79 Å². The fourth-order valence-electron chi connectivity index (χ4n) is 3.45. The number of carbonyl (C=O) groups is 1. The van der Waals surface area contributed by atoms with Crippen molar-refractivity contribution in [2.24, 2.45) is 5.92 Å². The Morgan fingerprint density at radius 3 is 2.65 bits per heavy atom. The maximum Gasteiger partial charge on any atom is 0.315 e. The van der Waals surface area contributed by atoms with Gasteiger partial charge in [-0.15, -0.1) is 0 Å². The van der Waals surface area contributed by atoms with Gasteiger partial charge in [0.25, 0.3) is 0 Å². The number of hydrogen-bond donors (Lipinski definition) is 2. The number of urea groups is 1. The maximum absolute atomic E-state index is 12.0. The second-order valence-electron chi connectivity index (χ2n) is 7.28. The van der Waals surface area contributed by atoms with Crippen molar-refractivity contribution >= 4 is 6.03 Å². The predicted octanol–water partition coefficient (Wildman–Crippen LogP) is 3.06. The summed E-state index contributed by atoms with van der Waals surface area (Å²) in [4.78, 5) is 14.5. The van der Waals surface area contributed by atoms with Gasteiger partial charge in [0, 0.05) is 31.7 Å². The highest BCUT2D eigenvalue weighted by molar-refractivity contribution is 5.74. The average Bonchev–Trinajstić information content (AvgIpc) is 3.34. The van der Waals surface area contributed by atoms with E-state index in [9.17, 15) is 4.79 Å². The Hall–Kier alpha value is -1.55. The molecule has 4 heteroatoms. The molecule has 1 atom stereocenters. The zero-order valence-electron chi connectivity index (χ0n) is 14.3. The summed E-state index contributed by atoms with van der Waals surface area (Å²) in [6.07, 6.45) is 4.60. The Labute approximate surface area is 139 Å². The summed E-state index contributed by atoms with van der Waals surface area (Å²) in [7, 11) is 0. The minimum Gasteiger partial charge on any atom is -0.335 e. The number of piperidine rings is 1. The third-order valence-electron chi connectivity index (χ3n) is 5.10. The Morgan fingerprint density at radius 2 is 2.00 bits per heavy atom. The van der Waals surface area contributed by atoms with E-state index in [1.165, 1.54) is 24.0 Å². The predicted molar refractivity (Wildman–Crippen MR) is 93.3 cm³/mol. The van der Waals surface area contributed by atoms with Gasteiger partial charge in [-0.1, -0.05) is 29.8 Å². The molecule has 126 valence electrons. The van der Waals surface area contributed by atoms with Crippen LogP contribution >= 0.6 is 0 Å². The Morgan fingerprint density at radius 1 is 1.26 bits per heavy atom. The molecule has 23 heavy (non-hydrogen) atoms. The second-order valence-corrected chi connectivity index (χ2v) is 7.28. The molecular formula is C19H29N3O. The van der Waals surface area contributed by atoms with E-state index in [1.807, 2.05) is 0 Å². The standard InChI is InChI=1S/C19H29N3O/c1-14-4-3-5-16(12-14)13-22-10-8-18(9-11-22)21-19(23)20-15(2)17-6-7-17/h3-5,12,15,17-18H,6-11,13H2,1-2H3,(H2,20,21,23). The Balaban J connectivity index is 1.38. The normalized spacial score (nSPS) is 21.0. The van der Waals surface area contributed by atoms with Crippen LogP contribution in [0.25, 0.3) is 0 Å². The molecule has 1 aromatic carbocycles. The van der Waals surface area contributed by atoms with Crippen LogP contribution in [0.2, 0.25) is 0 Å². The van der Waals surface area contributed by atoms with Gasteiger partial charge < -0.3 is 10.6 Å². The lowest BCUT2D eigenvalue weighted by Crippen LogP contribution is -2.49. The molecule has 1 unspecified atom stereocenters. The van der Waals surface area contributed by atoms with Crippen LogP contribution in [0, 0.1) is 12.8 Å². The minimum atomic E-state index is 0.0153. The van der Waals surface area contributed by atoms with E-state index < -0.39 is 0 Å². The minimum absolute atomic E-state index is 0.0153. The molecule has 1 saturated heterocycles. The van der Waals surface area contributed by atoms with Crippen molar-refractivity contribution in [3.8, 4) is 0 Å². The van der Waals surface area contributed by atoms with Crippen LogP contribution in [0.1, 0.15) is 43.7 Å². The van der Waals surface area contributed by atoms with Gasteiger partial charge in [-0.3, -0.25) is 4.90 Å². The average molecular weight is 315 g/mol. The fourth-order valence-corrected chi connectivity index (χ4v) is 3.45. The Bertz CT molecular complexity index is 533. The van der Waals surface area contributed by atoms with Gasteiger partial charge in [0.2, 0.25) is 0 Å². The van der Waals surface area contributed by atoms with Crippen LogP contribution < -0.4 is 10.6 Å². The van der Waals surface area contributed by atoms with Gasteiger partial charge in [0.15, 0.2) is 0 Å². The van der Waals surface area contributed by atoms with Crippen molar-refractivity contribution in [1.29, 1.82) is 0 Å². The first-order chi connectivity index (χ1) is 11.1. The maximum atomic E-state index is 12.0. The molecule has 0 aromatic heterocycles. The molecule has 4 nitrogen and oxygen atoms in total. The van der Waals surface area contributed by atoms with Gasteiger partial charge >= 0.3 is 6.03 Å². The van der Waals surface area contributed by atoms with E-state index >= 15 is 0 Å². The molecule has 1 saturated carbocycles. The summed E-state index contributed by atoms with van der Waals surface area (Å²) in [5, 5.41) is 6.23. The summed E-state index contributed by atoms with van der Waals surface area (Å²) in [5.41, 5.74) is 2.70. The van der Waals surface area contributed by atoms with Gasteiger partial charge in [-0.2, -0.15) is 0 Å². The lowest BCUT2D eigenvalue weighted by Gasteiger charge is -2.32. The third kappa shape index (κ3) is 4.96. The van der Waals surface area contributed by atoms with Gasteiger partial charge in [-0.25, -0.2) is 4.79 Å². The molecule has 2 N–H and O–H groups in total. The number of benzene rings is 1. The number of aryl methyl sites for hydroxylation is 1. The number of nitrogens with one attached hydrogen (secondary N) is 2. The lowest BCUT2D eigenvalue weighted by atomic mass is 10.0. The van der Waals surface area contributed by atoms with Gasteiger partial charge in [-0.05, 0) is 51.0 Å². The molecule has 0 radical (unpaired) electrons. The molecule has 2 aliphatic rings. The smallest absolute Gasteiger partial charge is 0.315 e. The third-order valence-corrected chi connectivity index (χ3v) is 5.10. The summed E-state index contributed by atoms with van der Waals surface area (Å²) >= 11 is 0. The number of hydrogen-bond acceptors (Lipinski definition) is 2. The van der Waals surface area contributed by atoms with Crippen LogP contribution in [-0.2, 0) is 6.54 Å².